The van der Waals surface area contributed by atoms with Crippen LogP contribution in [0.15, 0.2) is 30.6 Å². The highest BCUT2D eigenvalue weighted by Gasteiger charge is 2.63. The summed E-state index contributed by atoms with van der Waals surface area (Å²) in [5.74, 6) is 1.19. The number of fused-ring (bicyclic) bond motifs is 3. The minimum absolute atomic E-state index is 0.0766. The van der Waals surface area contributed by atoms with Gasteiger partial charge in [-0.05, 0) is 48.3 Å². The minimum atomic E-state index is -0.0766. The molecule has 0 amide bonds. The highest BCUT2D eigenvalue weighted by Crippen LogP contribution is 2.70. The number of rotatable bonds is 2. The molecule has 2 atom stereocenters. The molecule has 0 spiro atoms. The number of allylic oxidation sites excluding steroid dienone is 1. The highest BCUT2D eigenvalue weighted by atomic mass is 16.2. The second-order valence-electron chi connectivity index (χ2n) is 6.93. The molecule has 0 radical (unpaired) electrons. The molecule has 2 aromatic heterocycles. The predicted octanol–water partition coefficient (Wildman–Crippen LogP) is 3.24. The first-order valence-corrected chi connectivity index (χ1v) is 7.71. The third kappa shape index (κ3) is 1.79. The largest absolute Gasteiger partial charge is 0.271 e. The Hall–Kier alpha value is -2.23. The minimum Gasteiger partial charge on any atom is -0.267 e. The van der Waals surface area contributed by atoms with E-state index >= 15 is 0 Å². The van der Waals surface area contributed by atoms with E-state index in [1.54, 1.807) is 29.2 Å². The quantitative estimate of drug-likeness (QED) is 0.799. The van der Waals surface area contributed by atoms with Gasteiger partial charge in [0.15, 0.2) is 0 Å². The number of hydrogen-bond acceptors (Lipinski definition) is 3. The molecular weight excluding hydrogens is 274 g/mol. The molecule has 1 saturated carbocycles. The third-order valence-electron chi connectivity index (χ3n) is 5.29. The van der Waals surface area contributed by atoms with Crippen molar-refractivity contribution in [3.8, 4) is 0 Å². The van der Waals surface area contributed by atoms with Gasteiger partial charge in [0.25, 0.3) is 5.91 Å². The molecule has 4 nitrogen and oxygen atoms in total. The van der Waals surface area contributed by atoms with Crippen LogP contribution in [0.3, 0.4) is 0 Å². The van der Waals surface area contributed by atoms with Crippen molar-refractivity contribution in [1.82, 2.24) is 14.8 Å². The van der Waals surface area contributed by atoms with Crippen LogP contribution in [0.5, 0.6) is 0 Å². The molecule has 0 N–H and O–H groups in total. The Labute approximate surface area is 129 Å². The van der Waals surface area contributed by atoms with E-state index in [4.69, 9.17) is 0 Å². The molecule has 0 aliphatic heterocycles. The van der Waals surface area contributed by atoms with E-state index in [1.165, 1.54) is 5.56 Å². The smallest absolute Gasteiger partial charge is 0.267 e. The van der Waals surface area contributed by atoms with E-state index in [-0.39, 0.29) is 5.91 Å². The number of carbonyl (C=O) groups is 1. The zero-order valence-electron chi connectivity index (χ0n) is 13.1. The van der Waals surface area contributed by atoms with Gasteiger partial charge in [-0.3, -0.25) is 9.78 Å². The van der Waals surface area contributed by atoms with Crippen molar-refractivity contribution in [2.75, 3.05) is 0 Å². The molecule has 0 aromatic carbocycles. The molecule has 2 aliphatic carbocycles. The van der Waals surface area contributed by atoms with E-state index in [0.29, 0.717) is 17.3 Å². The first-order chi connectivity index (χ1) is 10.5. The first-order valence-electron chi connectivity index (χ1n) is 7.71. The van der Waals surface area contributed by atoms with Crippen molar-refractivity contribution >= 4 is 12.0 Å². The van der Waals surface area contributed by atoms with Crippen LogP contribution >= 0.6 is 0 Å². The number of nitrogens with zero attached hydrogens (tertiary/aromatic N) is 3. The van der Waals surface area contributed by atoms with Crippen molar-refractivity contribution < 1.29 is 4.79 Å². The molecule has 0 saturated heterocycles. The van der Waals surface area contributed by atoms with Crippen LogP contribution in [0.1, 0.15) is 47.1 Å². The van der Waals surface area contributed by atoms with E-state index in [1.807, 2.05) is 19.1 Å². The summed E-state index contributed by atoms with van der Waals surface area (Å²) in [7, 11) is 0. The van der Waals surface area contributed by atoms with Crippen LogP contribution in [0.25, 0.3) is 6.08 Å². The first kappa shape index (κ1) is 13.4. The summed E-state index contributed by atoms with van der Waals surface area (Å²) in [5, 5.41) is 4.49. The molecule has 0 unspecified atom stereocenters. The summed E-state index contributed by atoms with van der Waals surface area (Å²) in [6, 6.07) is 3.78. The van der Waals surface area contributed by atoms with Crippen molar-refractivity contribution in [1.29, 1.82) is 0 Å². The van der Waals surface area contributed by atoms with Crippen LogP contribution in [-0.2, 0) is 6.42 Å². The Morgan fingerprint density at radius 2 is 2.27 bits per heavy atom. The SMILES string of the molecule is Cc1nn(C(=O)/C=C/c2cccnc2)c2c1[C@H]1[C@@H](C2)C1(C)C. The van der Waals surface area contributed by atoms with Crippen molar-refractivity contribution in [2.45, 2.75) is 33.1 Å². The second-order valence-corrected chi connectivity index (χ2v) is 6.93. The number of carbonyl (C=O) groups excluding carboxylic acids is 1. The van der Waals surface area contributed by atoms with E-state index in [9.17, 15) is 4.79 Å². The summed E-state index contributed by atoms with van der Waals surface area (Å²) in [4.78, 5) is 16.5. The lowest BCUT2D eigenvalue weighted by atomic mass is 9.98. The summed E-state index contributed by atoms with van der Waals surface area (Å²) in [5.41, 5.74) is 4.74. The molecule has 112 valence electrons. The van der Waals surface area contributed by atoms with E-state index in [0.717, 1.165) is 23.4 Å². The Balaban J connectivity index is 1.63. The lowest BCUT2D eigenvalue weighted by Gasteiger charge is -2.09. The van der Waals surface area contributed by atoms with Crippen LogP contribution in [0.4, 0.5) is 0 Å². The van der Waals surface area contributed by atoms with Crippen molar-refractivity contribution in [2.24, 2.45) is 11.3 Å². The van der Waals surface area contributed by atoms with Gasteiger partial charge in [0, 0.05) is 24.0 Å². The summed E-state index contributed by atoms with van der Waals surface area (Å²) >= 11 is 0. The summed E-state index contributed by atoms with van der Waals surface area (Å²) in [6.07, 6.45) is 7.80. The van der Waals surface area contributed by atoms with E-state index < -0.39 is 0 Å². The summed E-state index contributed by atoms with van der Waals surface area (Å²) in [6.45, 7) is 6.64. The molecule has 0 bridgehead atoms. The van der Waals surface area contributed by atoms with Gasteiger partial charge in [0.05, 0.1) is 11.4 Å². The van der Waals surface area contributed by atoms with Gasteiger partial charge in [-0.25, -0.2) is 4.68 Å². The summed E-state index contributed by atoms with van der Waals surface area (Å²) < 4.78 is 1.60. The van der Waals surface area contributed by atoms with Gasteiger partial charge >= 0.3 is 0 Å². The van der Waals surface area contributed by atoms with Crippen LogP contribution in [-0.4, -0.2) is 20.7 Å². The van der Waals surface area contributed by atoms with Gasteiger partial charge in [0.1, 0.15) is 0 Å². The van der Waals surface area contributed by atoms with Gasteiger partial charge in [0.2, 0.25) is 0 Å². The maximum atomic E-state index is 12.5. The topological polar surface area (TPSA) is 47.8 Å². The fourth-order valence-electron chi connectivity index (χ4n) is 3.99. The molecule has 4 heteroatoms. The van der Waals surface area contributed by atoms with Crippen molar-refractivity contribution in [3.63, 3.8) is 0 Å². The lowest BCUT2D eigenvalue weighted by Crippen LogP contribution is -2.14. The van der Waals surface area contributed by atoms with Crippen LogP contribution in [0.2, 0.25) is 0 Å². The number of aromatic nitrogens is 3. The number of aryl methyl sites for hydroxylation is 1. The highest BCUT2D eigenvalue weighted by molar-refractivity contribution is 5.93. The molecule has 2 heterocycles. The average molecular weight is 293 g/mol. The van der Waals surface area contributed by atoms with Gasteiger partial charge in [-0.1, -0.05) is 19.9 Å². The molecular formula is C18H19N3O. The standard InChI is InChI=1S/C18H19N3O/c1-11-16-14(9-13-17(16)18(13,2)3)21(20-11)15(22)7-6-12-5-4-8-19-10-12/h4-8,10,13,17H,9H2,1-3H3/b7-6+/t13-,17-/m1/s1. The molecule has 4 rings (SSSR count). The molecule has 1 fully saturated rings. The maximum absolute atomic E-state index is 12.5. The average Bonchev–Trinajstić information content (AvgIpc) is 2.86. The molecule has 2 aliphatic rings. The number of pyridine rings is 1. The predicted molar refractivity (Wildman–Crippen MR) is 84.6 cm³/mol. The van der Waals surface area contributed by atoms with E-state index in [2.05, 4.69) is 23.9 Å². The number of hydrogen-bond donors (Lipinski definition) is 0. The van der Waals surface area contributed by atoms with Gasteiger partial charge in [-0.15, -0.1) is 0 Å². The second kappa shape index (κ2) is 4.38. The maximum Gasteiger partial charge on any atom is 0.271 e. The Morgan fingerprint density at radius 3 is 3.00 bits per heavy atom. The van der Waals surface area contributed by atoms with Gasteiger partial charge in [-0.2, -0.15) is 5.10 Å². The monoisotopic (exact) mass is 293 g/mol. The zero-order chi connectivity index (χ0) is 15.5. The fourth-order valence-corrected chi connectivity index (χ4v) is 3.99. The van der Waals surface area contributed by atoms with Crippen molar-refractivity contribution in [3.05, 3.63) is 53.1 Å². The Kier molecular flexibility index (Phi) is 2.68. The Morgan fingerprint density at radius 1 is 1.45 bits per heavy atom. The van der Waals surface area contributed by atoms with Gasteiger partial charge < -0.3 is 0 Å². The fraction of sp³-hybridized carbons (Fsp3) is 0.389. The molecule has 2 aromatic rings. The lowest BCUT2D eigenvalue weighted by molar-refractivity contribution is 0.0951. The molecule has 22 heavy (non-hydrogen) atoms. The Bertz CT molecular complexity index is 786. The van der Waals surface area contributed by atoms with Crippen LogP contribution < -0.4 is 0 Å². The van der Waals surface area contributed by atoms with Crippen LogP contribution in [0, 0.1) is 18.3 Å². The third-order valence-corrected chi connectivity index (χ3v) is 5.29. The zero-order valence-corrected chi connectivity index (χ0v) is 13.1. The normalized spacial score (nSPS) is 24.3.